The lowest BCUT2D eigenvalue weighted by Gasteiger charge is -2.31. The van der Waals surface area contributed by atoms with Crippen molar-refractivity contribution in [1.82, 2.24) is 14.9 Å². The van der Waals surface area contributed by atoms with E-state index in [9.17, 15) is 19.1 Å². The summed E-state index contributed by atoms with van der Waals surface area (Å²) in [5, 5.41) is 14.1. The monoisotopic (exact) mass is 767 g/mol. The number of ether oxygens (including phenoxy) is 2. The summed E-state index contributed by atoms with van der Waals surface area (Å²) < 4.78 is 27.6. The Morgan fingerprint density at radius 2 is 1.89 bits per heavy atom. The van der Waals surface area contributed by atoms with Crippen molar-refractivity contribution < 1.29 is 28.6 Å². The van der Waals surface area contributed by atoms with Crippen LogP contribution < -0.4 is 15.0 Å². The van der Waals surface area contributed by atoms with Crippen LogP contribution >= 0.6 is 22.7 Å². The van der Waals surface area contributed by atoms with Crippen LogP contribution in [0.15, 0.2) is 60.7 Å². The molecule has 0 radical (unpaired) electrons. The SMILES string of the molecule is CC(C)OC1CCN(CC#Cc2ccc(OCCCc3sc(N4CCc5cccc(C(=O)Nc6nc7ccccc7s6)c5C4)nc3C(=O)O)c(F)c2)CC1. The minimum absolute atomic E-state index is 0.00466. The number of carbonyl (C=O) groups is 2. The van der Waals surface area contributed by atoms with Crippen LogP contribution in [0.3, 0.4) is 0 Å². The third-order valence-corrected chi connectivity index (χ3v) is 11.6. The molecule has 2 aliphatic rings. The molecule has 0 aliphatic carbocycles. The van der Waals surface area contributed by atoms with Crippen molar-refractivity contribution in [3.63, 3.8) is 0 Å². The van der Waals surface area contributed by atoms with Gasteiger partial charge in [0.2, 0.25) is 0 Å². The molecule has 7 rings (SSSR count). The number of likely N-dealkylation sites (tertiary alicyclic amines) is 1. The van der Waals surface area contributed by atoms with E-state index < -0.39 is 11.8 Å². The first kappa shape index (κ1) is 37.4. The van der Waals surface area contributed by atoms with Crippen LogP contribution in [-0.2, 0) is 24.1 Å². The molecule has 2 N–H and O–H groups in total. The number of carbonyl (C=O) groups excluding carboxylic acids is 1. The third kappa shape index (κ3) is 9.07. The molecule has 280 valence electrons. The highest BCUT2D eigenvalue weighted by Gasteiger charge is 2.27. The summed E-state index contributed by atoms with van der Waals surface area (Å²) in [4.78, 5) is 39.7. The van der Waals surface area contributed by atoms with Crippen molar-refractivity contribution in [3.8, 4) is 17.6 Å². The average Bonchev–Trinajstić information content (AvgIpc) is 3.78. The molecule has 4 heterocycles. The number of nitrogens with zero attached hydrogens (tertiary/aromatic N) is 4. The lowest BCUT2D eigenvalue weighted by Crippen LogP contribution is -2.38. The van der Waals surface area contributed by atoms with Gasteiger partial charge in [-0.25, -0.2) is 19.2 Å². The maximum absolute atomic E-state index is 14.9. The average molecular weight is 768 g/mol. The van der Waals surface area contributed by atoms with Crippen LogP contribution in [0.2, 0.25) is 0 Å². The van der Waals surface area contributed by atoms with Gasteiger partial charge >= 0.3 is 5.97 Å². The molecule has 2 aromatic heterocycles. The summed E-state index contributed by atoms with van der Waals surface area (Å²) in [7, 11) is 0. The van der Waals surface area contributed by atoms with Gasteiger partial charge in [-0.15, -0.1) is 11.3 Å². The van der Waals surface area contributed by atoms with Crippen molar-refractivity contribution in [2.75, 3.05) is 43.0 Å². The smallest absolute Gasteiger partial charge is 0.355 e. The zero-order valence-electron chi connectivity index (χ0n) is 30.3. The van der Waals surface area contributed by atoms with Gasteiger partial charge in [-0.1, -0.05) is 47.4 Å². The predicted octanol–water partition coefficient (Wildman–Crippen LogP) is 7.66. The Labute approximate surface area is 322 Å². The van der Waals surface area contributed by atoms with Gasteiger partial charge in [0, 0.05) is 42.2 Å². The van der Waals surface area contributed by atoms with Crippen molar-refractivity contribution in [3.05, 3.63) is 99.3 Å². The number of rotatable bonds is 12. The number of halogens is 1. The van der Waals surface area contributed by atoms with Crippen LogP contribution in [0, 0.1) is 17.7 Å². The number of amides is 1. The van der Waals surface area contributed by atoms with Gasteiger partial charge in [-0.3, -0.25) is 15.0 Å². The number of benzene rings is 3. The number of carboxylic acid groups (broad SMARTS) is 1. The number of hydrogen-bond donors (Lipinski definition) is 2. The number of carboxylic acids is 1. The molecule has 54 heavy (non-hydrogen) atoms. The topological polar surface area (TPSA) is 117 Å². The number of thiazole rings is 2. The standard InChI is InChI=1S/C41H42FN5O5S2/c1-26(2)52-29-17-20-46(21-18-29)19-6-8-27-14-15-34(32(42)24-27)51-23-7-13-36-37(39(49)50)44-41(54-36)47-22-16-28-9-5-10-30(31(28)25-47)38(48)45-40-43-33-11-3-4-12-35(33)53-40/h3-5,9-12,14-15,24,26,29H,7,13,16-23,25H2,1-2H3,(H,49,50)(H,43,45,48). The van der Waals surface area contributed by atoms with Crippen LogP contribution in [0.25, 0.3) is 10.2 Å². The number of hydrogen-bond acceptors (Lipinski definition) is 10. The summed E-state index contributed by atoms with van der Waals surface area (Å²) in [5.41, 5.74) is 3.94. The predicted molar refractivity (Wildman–Crippen MR) is 211 cm³/mol. The van der Waals surface area contributed by atoms with Crippen molar-refractivity contribution in [1.29, 1.82) is 0 Å². The van der Waals surface area contributed by atoms with Crippen LogP contribution in [0.1, 0.15) is 75.5 Å². The highest BCUT2D eigenvalue weighted by Crippen LogP contribution is 2.33. The summed E-state index contributed by atoms with van der Waals surface area (Å²) >= 11 is 2.75. The fourth-order valence-electron chi connectivity index (χ4n) is 6.81. The molecule has 10 nitrogen and oxygen atoms in total. The van der Waals surface area contributed by atoms with E-state index in [1.165, 1.54) is 28.7 Å². The Morgan fingerprint density at radius 1 is 1.06 bits per heavy atom. The number of para-hydroxylation sites is 1. The Balaban J connectivity index is 0.929. The van der Waals surface area contributed by atoms with Gasteiger partial charge in [0.25, 0.3) is 5.91 Å². The zero-order chi connectivity index (χ0) is 37.6. The molecule has 0 spiro atoms. The summed E-state index contributed by atoms with van der Waals surface area (Å²) in [6.45, 7) is 7.87. The first-order valence-corrected chi connectivity index (χ1v) is 19.9. The van der Waals surface area contributed by atoms with Gasteiger partial charge in [-0.05, 0) is 93.5 Å². The van der Waals surface area contributed by atoms with Gasteiger partial charge in [0.05, 0.1) is 35.6 Å². The molecule has 1 fully saturated rings. The van der Waals surface area contributed by atoms with Gasteiger partial charge in [-0.2, -0.15) is 0 Å². The molecule has 0 unspecified atom stereocenters. The van der Waals surface area contributed by atoms with Crippen LogP contribution in [-0.4, -0.2) is 76.8 Å². The molecule has 0 atom stereocenters. The van der Waals surface area contributed by atoms with Crippen LogP contribution in [0.5, 0.6) is 5.75 Å². The number of aromatic carboxylic acids is 1. The van der Waals surface area contributed by atoms with E-state index in [1.54, 1.807) is 18.2 Å². The number of fused-ring (bicyclic) bond motifs is 2. The molecular formula is C41H42FN5O5S2. The number of anilines is 2. The largest absolute Gasteiger partial charge is 0.491 e. The van der Waals surface area contributed by atoms with Crippen molar-refractivity contribution in [2.24, 2.45) is 0 Å². The maximum Gasteiger partial charge on any atom is 0.355 e. The molecule has 3 aromatic carbocycles. The van der Waals surface area contributed by atoms with Crippen LogP contribution in [0.4, 0.5) is 14.7 Å². The number of aryl methyl sites for hydroxylation is 1. The number of piperidine rings is 1. The van der Waals surface area contributed by atoms with E-state index in [1.807, 2.05) is 41.3 Å². The molecule has 0 bridgehead atoms. The highest BCUT2D eigenvalue weighted by atomic mass is 32.1. The van der Waals surface area contributed by atoms with Crippen molar-refractivity contribution >= 4 is 55.0 Å². The summed E-state index contributed by atoms with van der Waals surface area (Å²) in [6.07, 6.45) is 4.09. The van der Waals surface area contributed by atoms with E-state index in [0.717, 1.165) is 47.3 Å². The van der Waals surface area contributed by atoms with E-state index in [4.69, 9.17) is 9.47 Å². The lowest BCUT2D eigenvalue weighted by atomic mass is 9.94. The van der Waals surface area contributed by atoms with E-state index in [-0.39, 0.29) is 30.1 Å². The Bertz CT molecular complexity index is 2170. The van der Waals surface area contributed by atoms with E-state index in [0.29, 0.717) is 71.3 Å². The second-order valence-corrected chi connectivity index (χ2v) is 15.8. The molecule has 2 aliphatic heterocycles. The third-order valence-electron chi connectivity index (χ3n) is 9.46. The summed E-state index contributed by atoms with van der Waals surface area (Å²) in [5.74, 6) is 4.52. The second-order valence-electron chi connectivity index (χ2n) is 13.7. The van der Waals surface area contributed by atoms with Gasteiger partial charge in [0.1, 0.15) is 0 Å². The fourth-order valence-corrected chi connectivity index (χ4v) is 8.79. The maximum atomic E-state index is 14.9. The van der Waals surface area contributed by atoms with Gasteiger partial charge < -0.3 is 19.5 Å². The summed E-state index contributed by atoms with van der Waals surface area (Å²) in [6, 6.07) is 18.2. The molecule has 1 amide bonds. The molecule has 5 aromatic rings. The molecule has 0 saturated carbocycles. The highest BCUT2D eigenvalue weighted by molar-refractivity contribution is 7.22. The fraction of sp³-hybridized carbons (Fsp3) is 0.366. The second kappa shape index (κ2) is 17.1. The molecular weight excluding hydrogens is 726 g/mol. The lowest BCUT2D eigenvalue weighted by molar-refractivity contribution is -0.0249. The number of aromatic nitrogens is 2. The Hall–Kier alpha value is -4.87. The van der Waals surface area contributed by atoms with Crippen molar-refractivity contribution in [2.45, 2.75) is 64.7 Å². The molecule has 1 saturated heterocycles. The quantitative estimate of drug-likeness (QED) is 0.0976. The number of nitrogens with one attached hydrogen (secondary N) is 1. The Kier molecular flexibility index (Phi) is 11.8. The first-order valence-electron chi connectivity index (χ1n) is 18.2. The minimum Gasteiger partial charge on any atom is -0.491 e. The molecule has 13 heteroatoms. The normalized spacial score (nSPS) is 14.9. The zero-order valence-corrected chi connectivity index (χ0v) is 31.9. The van der Waals surface area contributed by atoms with E-state index >= 15 is 0 Å². The Morgan fingerprint density at radius 3 is 2.67 bits per heavy atom. The van der Waals surface area contributed by atoms with E-state index in [2.05, 4.69) is 45.9 Å². The van der Waals surface area contributed by atoms with Gasteiger partial charge in [0.15, 0.2) is 27.5 Å². The minimum atomic E-state index is -1.10. The first-order chi connectivity index (χ1) is 26.2.